The summed E-state index contributed by atoms with van der Waals surface area (Å²) < 4.78 is 7.22. The van der Waals surface area contributed by atoms with Gasteiger partial charge in [0.2, 0.25) is 5.91 Å². The molecule has 0 aliphatic heterocycles. The number of aromatic nitrogens is 3. The van der Waals surface area contributed by atoms with Crippen LogP contribution in [0.5, 0.6) is 0 Å². The van der Waals surface area contributed by atoms with Crippen LogP contribution in [0.15, 0.2) is 28.0 Å². The Morgan fingerprint density at radius 2 is 2.21 bits per heavy atom. The molecule has 6 nitrogen and oxygen atoms in total. The lowest BCUT2D eigenvalue weighted by atomic mass is 9.86. The second-order valence-electron chi connectivity index (χ2n) is 6.48. The molecule has 3 rings (SSSR count). The minimum atomic E-state index is -0.216. The van der Waals surface area contributed by atoms with Crippen LogP contribution in [0.1, 0.15) is 39.5 Å². The third kappa shape index (κ3) is 3.66. The smallest absolute Gasteiger partial charge is 0.233 e. The summed E-state index contributed by atoms with van der Waals surface area (Å²) in [6.45, 7) is 4.13. The van der Waals surface area contributed by atoms with E-state index in [1.807, 2.05) is 30.7 Å². The van der Waals surface area contributed by atoms with Crippen LogP contribution in [-0.4, -0.2) is 32.0 Å². The number of amides is 1. The average Bonchev–Trinajstić information content (AvgIpc) is 3.20. The summed E-state index contributed by atoms with van der Waals surface area (Å²) in [6.07, 6.45) is 6.36. The summed E-state index contributed by atoms with van der Waals surface area (Å²) >= 11 is 1.42. The van der Waals surface area contributed by atoms with Crippen molar-refractivity contribution in [2.45, 2.75) is 56.0 Å². The van der Waals surface area contributed by atoms with Gasteiger partial charge in [0.1, 0.15) is 0 Å². The van der Waals surface area contributed by atoms with Crippen LogP contribution in [0.4, 0.5) is 0 Å². The molecule has 0 saturated heterocycles. The van der Waals surface area contributed by atoms with E-state index in [9.17, 15) is 4.79 Å². The third-order valence-corrected chi connectivity index (χ3v) is 5.80. The van der Waals surface area contributed by atoms with Gasteiger partial charge in [-0.05, 0) is 37.8 Å². The molecule has 1 aliphatic carbocycles. The molecule has 0 spiro atoms. The molecule has 0 bridgehead atoms. The number of rotatable bonds is 5. The summed E-state index contributed by atoms with van der Waals surface area (Å²) in [5.74, 6) is 1.96. The normalized spacial score (nSPS) is 22.3. The zero-order valence-corrected chi connectivity index (χ0v) is 15.2. The first kappa shape index (κ1) is 17.1. The Morgan fingerprint density at radius 1 is 1.42 bits per heavy atom. The molecule has 3 unspecified atom stereocenters. The highest BCUT2D eigenvalue weighted by molar-refractivity contribution is 8.00. The van der Waals surface area contributed by atoms with Crippen molar-refractivity contribution in [3.05, 3.63) is 18.4 Å². The van der Waals surface area contributed by atoms with Gasteiger partial charge in [-0.1, -0.05) is 31.5 Å². The fraction of sp³-hybridized carbons (Fsp3) is 0.588. The van der Waals surface area contributed by atoms with Crippen LogP contribution in [0.25, 0.3) is 11.6 Å². The zero-order chi connectivity index (χ0) is 17.1. The standard InChI is InChI=1S/C17H24N4O2S/c1-11-7-4-5-8-13(11)18-16(22)12(2)24-17-20-19-15(21(17)3)14-9-6-10-23-14/h6,9-13H,4-5,7-8H2,1-3H3,(H,18,22). The van der Waals surface area contributed by atoms with E-state index in [0.29, 0.717) is 28.7 Å². The molecule has 1 N–H and O–H groups in total. The van der Waals surface area contributed by atoms with Gasteiger partial charge in [-0.2, -0.15) is 0 Å². The molecule has 2 aromatic rings. The van der Waals surface area contributed by atoms with Crippen LogP contribution in [0.3, 0.4) is 0 Å². The van der Waals surface area contributed by atoms with Gasteiger partial charge in [0.05, 0.1) is 11.5 Å². The van der Waals surface area contributed by atoms with E-state index in [-0.39, 0.29) is 11.2 Å². The molecule has 130 valence electrons. The molecule has 1 amide bonds. The molecular formula is C17H24N4O2S. The van der Waals surface area contributed by atoms with Gasteiger partial charge < -0.3 is 14.3 Å². The second-order valence-corrected chi connectivity index (χ2v) is 7.79. The Morgan fingerprint density at radius 3 is 2.92 bits per heavy atom. The lowest BCUT2D eigenvalue weighted by Gasteiger charge is -2.30. The Labute approximate surface area is 146 Å². The first-order chi connectivity index (χ1) is 11.6. The molecule has 0 radical (unpaired) electrons. The maximum Gasteiger partial charge on any atom is 0.233 e. The lowest BCUT2D eigenvalue weighted by Crippen LogP contribution is -2.44. The third-order valence-electron chi connectivity index (χ3n) is 4.67. The first-order valence-electron chi connectivity index (χ1n) is 8.46. The Bertz CT molecular complexity index is 683. The second kappa shape index (κ2) is 7.42. The van der Waals surface area contributed by atoms with Gasteiger partial charge in [-0.3, -0.25) is 4.79 Å². The molecule has 24 heavy (non-hydrogen) atoms. The number of hydrogen-bond donors (Lipinski definition) is 1. The summed E-state index contributed by atoms with van der Waals surface area (Å²) in [5, 5.41) is 12.1. The molecule has 1 aliphatic rings. The highest BCUT2D eigenvalue weighted by Crippen LogP contribution is 2.27. The van der Waals surface area contributed by atoms with E-state index < -0.39 is 0 Å². The number of furan rings is 1. The van der Waals surface area contributed by atoms with E-state index in [0.717, 1.165) is 6.42 Å². The number of carbonyl (C=O) groups excluding carboxylic acids is 1. The van der Waals surface area contributed by atoms with E-state index in [4.69, 9.17) is 4.42 Å². The van der Waals surface area contributed by atoms with E-state index >= 15 is 0 Å². The molecule has 2 heterocycles. The van der Waals surface area contributed by atoms with Crippen molar-refractivity contribution in [3.63, 3.8) is 0 Å². The van der Waals surface area contributed by atoms with Gasteiger partial charge in [0, 0.05) is 13.1 Å². The summed E-state index contributed by atoms with van der Waals surface area (Å²) in [4.78, 5) is 12.5. The first-order valence-corrected chi connectivity index (χ1v) is 9.34. The van der Waals surface area contributed by atoms with Crippen molar-refractivity contribution in [3.8, 4) is 11.6 Å². The Hall–Kier alpha value is -1.76. The fourth-order valence-electron chi connectivity index (χ4n) is 3.08. The van der Waals surface area contributed by atoms with Crippen LogP contribution in [0.2, 0.25) is 0 Å². The maximum absolute atomic E-state index is 12.5. The molecular weight excluding hydrogens is 324 g/mol. The maximum atomic E-state index is 12.5. The van der Waals surface area contributed by atoms with Gasteiger partial charge in [0.25, 0.3) is 0 Å². The number of thioether (sulfide) groups is 1. The molecule has 7 heteroatoms. The van der Waals surface area contributed by atoms with Gasteiger partial charge in [-0.25, -0.2) is 0 Å². The quantitative estimate of drug-likeness (QED) is 0.840. The zero-order valence-electron chi connectivity index (χ0n) is 14.4. The predicted octanol–water partition coefficient (Wildman–Crippen LogP) is 3.25. The van der Waals surface area contributed by atoms with Crippen LogP contribution in [-0.2, 0) is 11.8 Å². The van der Waals surface area contributed by atoms with E-state index in [1.165, 1.54) is 31.0 Å². The summed E-state index contributed by atoms with van der Waals surface area (Å²) in [7, 11) is 1.88. The van der Waals surface area contributed by atoms with Crippen LogP contribution < -0.4 is 5.32 Å². The number of hydrogen-bond acceptors (Lipinski definition) is 5. The fourth-order valence-corrected chi connectivity index (χ4v) is 3.90. The highest BCUT2D eigenvalue weighted by atomic mass is 32.2. The van der Waals surface area contributed by atoms with Gasteiger partial charge in [-0.15, -0.1) is 10.2 Å². The number of nitrogens with one attached hydrogen (secondary N) is 1. The molecule has 1 fully saturated rings. The SMILES string of the molecule is CC(Sc1nnc(-c2ccco2)n1C)C(=O)NC1CCCCC1C. The molecule has 0 aromatic carbocycles. The van der Waals surface area contributed by atoms with Crippen LogP contribution in [0, 0.1) is 5.92 Å². The van der Waals surface area contributed by atoms with Crippen molar-refractivity contribution in [2.75, 3.05) is 0 Å². The molecule has 3 atom stereocenters. The van der Waals surface area contributed by atoms with Crippen molar-refractivity contribution >= 4 is 17.7 Å². The van der Waals surface area contributed by atoms with Crippen molar-refractivity contribution in [1.82, 2.24) is 20.1 Å². The van der Waals surface area contributed by atoms with E-state index in [2.05, 4.69) is 22.4 Å². The van der Waals surface area contributed by atoms with Gasteiger partial charge in [0.15, 0.2) is 16.7 Å². The summed E-state index contributed by atoms with van der Waals surface area (Å²) in [6, 6.07) is 3.96. The van der Waals surface area contributed by atoms with Crippen molar-refractivity contribution in [1.29, 1.82) is 0 Å². The largest absolute Gasteiger partial charge is 0.461 e. The molecule has 2 aromatic heterocycles. The average molecular weight is 348 g/mol. The predicted molar refractivity (Wildman–Crippen MR) is 93.6 cm³/mol. The van der Waals surface area contributed by atoms with Crippen molar-refractivity contribution < 1.29 is 9.21 Å². The minimum Gasteiger partial charge on any atom is -0.461 e. The number of carbonyl (C=O) groups is 1. The van der Waals surface area contributed by atoms with Crippen molar-refractivity contribution in [2.24, 2.45) is 13.0 Å². The topological polar surface area (TPSA) is 73.0 Å². The van der Waals surface area contributed by atoms with Crippen LogP contribution >= 0.6 is 11.8 Å². The monoisotopic (exact) mass is 348 g/mol. The Kier molecular flexibility index (Phi) is 5.28. The lowest BCUT2D eigenvalue weighted by molar-refractivity contribution is -0.121. The highest BCUT2D eigenvalue weighted by Gasteiger charge is 2.26. The van der Waals surface area contributed by atoms with E-state index in [1.54, 1.807) is 6.26 Å². The number of nitrogens with zero attached hydrogens (tertiary/aromatic N) is 3. The Balaban J connectivity index is 1.62. The summed E-state index contributed by atoms with van der Waals surface area (Å²) in [5.41, 5.74) is 0. The minimum absolute atomic E-state index is 0.0706. The van der Waals surface area contributed by atoms with Gasteiger partial charge >= 0.3 is 0 Å². The molecule has 1 saturated carbocycles.